The lowest BCUT2D eigenvalue weighted by Crippen LogP contribution is -2.77. The first-order valence-electron chi connectivity index (χ1n) is 6.92. The zero-order chi connectivity index (χ0) is 15.3. The van der Waals surface area contributed by atoms with Crippen LogP contribution in [0.3, 0.4) is 0 Å². The van der Waals surface area contributed by atoms with Crippen molar-refractivity contribution in [3.05, 3.63) is 30.1 Å². The van der Waals surface area contributed by atoms with E-state index in [1.54, 1.807) is 0 Å². The van der Waals surface area contributed by atoms with Gasteiger partial charge in [0.2, 0.25) is 5.91 Å². The van der Waals surface area contributed by atoms with Crippen molar-refractivity contribution >= 4 is 17.7 Å². The highest BCUT2D eigenvalue weighted by molar-refractivity contribution is 5.93. The molecule has 5 nitrogen and oxygen atoms in total. The van der Waals surface area contributed by atoms with Crippen LogP contribution in [0.15, 0.2) is 24.3 Å². The third kappa shape index (κ3) is 2.24. The summed E-state index contributed by atoms with van der Waals surface area (Å²) in [7, 11) is 0. The Hall–Kier alpha value is -2.11. The van der Waals surface area contributed by atoms with Crippen LogP contribution in [0, 0.1) is 17.2 Å². The molecule has 2 bridgehead atoms. The monoisotopic (exact) mass is 292 g/mol. The van der Waals surface area contributed by atoms with Gasteiger partial charge in [-0.1, -0.05) is 6.92 Å². The maximum absolute atomic E-state index is 12.8. The minimum atomic E-state index is -1.01. The summed E-state index contributed by atoms with van der Waals surface area (Å²) >= 11 is 0. The molecule has 1 aromatic rings. The highest BCUT2D eigenvalue weighted by atomic mass is 19.1. The number of carbonyl (C=O) groups is 2. The quantitative estimate of drug-likeness (QED) is 0.798. The van der Waals surface area contributed by atoms with E-state index in [-0.39, 0.29) is 28.6 Å². The summed E-state index contributed by atoms with van der Waals surface area (Å²) in [5, 5.41) is 14.1. The summed E-state index contributed by atoms with van der Waals surface area (Å²) in [6.45, 7) is 1.86. The zero-order valence-electron chi connectivity index (χ0n) is 11.6. The van der Waals surface area contributed by atoms with Crippen molar-refractivity contribution in [3.63, 3.8) is 0 Å². The second-order valence-corrected chi connectivity index (χ2v) is 6.32. The minimum Gasteiger partial charge on any atom is -0.465 e. The number of hydrogen-bond acceptors (Lipinski definition) is 2. The predicted octanol–water partition coefficient (Wildman–Crippen LogP) is 2.59. The molecule has 2 amide bonds. The Bertz CT molecular complexity index is 580. The van der Waals surface area contributed by atoms with Crippen molar-refractivity contribution in [1.82, 2.24) is 5.32 Å². The summed E-state index contributed by atoms with van der Waals surface area (Å²) in [4.78, 5) is 22.9. The van der Waals surface area contributed by atoms with Gasteiger partial charge in [-0.3, -0.25) is 4.79 Å². The summed E-state index contributed by atoms with van der Waals surface area (Å²) < 4.78 is 12.8. The van der Waals surface area contributed by atoms with Crippen molar-refractivity contribution in [3.8, 4) is 0 Å². The number of nitrogens with one attached hydrogen (secondary N) is 2. The summed E-state index contributed by atoms with van der Waals surface area (Å²) in [6, 6.07) is 5.64. The molecule has 112 valence electrons. The molecule has 6 heteroatoms. The van der Waals surface area contributed by atoms with Crippen LogP contribution in [0.5, 0.6) is 0 Å². The molecule has 3 N–H and O–H groups in total. The van der Waals surface area contributed by atoms with E-state index in [1.165, 1.54) is 24.3 Å². The predicted molar refractivity (Wildman–Crippen MR) is 74.4 cm³/mol. The molecule has 0 heterocycles. The molecular weight excluding hydrogens is 275 g/mol. The summed E-state index contributed by atoms with van der Waals surface area (Å²) in [5.41, 5.74) is 0.168. The smallest absolute Gasteiger partial charge is 0.405 e. The highest BCUT2D eigenvalue weighted by Gasteiger charge is 2.71. The van der Waals surface area contributed by atoms with Crippen molar-refractivity contribution in [2.45, 2.75) is 31.7 Å². The van der Waals surface area contributed by atoms with E-state index in [9.17, 15) is 14.0 Å². The molecule has 0 spiro atoms. The largest absolute Gasteiger partial charge is 0.465 e. The molecule has 21 heavy (non-hydrogen) atoms. The van der Waals surface area contributed by atoms with Crippen molar-refractivity contribution in [2.75, 3.05) is 5.32 Å². The maximum atomic E-state index is 12.8. The average Bonchev–Trinajstić information content (AvgIpc) is 2.33. The van der Waals surface area contributed by atoms with Gasteiger partial charge >= 0.3 is 6.09 Å². The normalized spacial score (nSPS) is 30.6. The summed E-state index contributed by atoms with van der Waals surface area (Å²) in [6.07, 6.45) is 1.13. The molecule has 3 aliphatic carbocycles. The van der Waals surface area contributed by atoms with Gasteiger partial charge in [0.25, 0.3) is 0 Å². The number of carboxylic acid groups (broad SMARTS) is 1. The van der Waals surface area contributed by atoms with Crippen molar-refractivity contribution < 1.29 is 19.1 Å². The molecule has 3 saturated carbocycles. The van der Waals surface area contributed by atoms with Crippen LogP contribution in [-0.4, -0.2) is 22.6 Å². The number of anilines is 1. The Kier molecular flexibility index (Phi) is 2.93. The highest BCUT2D eigenvalue weighted by Crippen LogP contribution is 2.70. The number of benzene rings is 1. The lowest BCUT2D eigenvalue weighted by molar-refractivity contribution is -0.185. The number of rotatable bonds is 4. The second-order valence-electron chi connectivity index (χ2n) is 6.32. The Morgan fingerprint density at radius 2 is 1.81 bits per heavy atom. The summed E-state index contributed by atoms with van der Waals surface area (Å²) in [5.74, 6) is -0.646. The molecular formula is C15H17FN2O3. The van der Waals surface area contributed by atoms with E-state index in [2.05, 4.69) is 10.6 Å². The first-order chi connectivity index (χ1) is 9.84. The lowest BCUT2D eigenvalue weighted by Gasteiger charge is -2.72. The van der Waals surface area contributed by atoms with E-state index >= 15 is 0 Å². The zero-order valence-corrected chi connectivity index (χ0v) is 11.6. The van der Waals surface area contributed by atoms with Crippen LogP contribution in [0.4, 0.5) is 14.9 Å². The van der Waals surface area contributed by atoms with Crippen LogP contribution in [0.25, 0.3) is 0 Å². The molecule has 0 radical (unpaired) electrons. The molecule has 3 aliphatic rings. The van der Waals surface area contributed by atoms with E-state index in [0.29, 0.717) is 24.9 Å². The van der Waals surface area contributed by atoms with Crippen LogP contribution in [0.1, 0.15) is 26.2 Å². The molecule has 0 saturated heterocycles. The third-order valence-corrected chi connectivity index (χ3v) is 4.87. The van der Waals surface area contributed by atoms with Crippen molar-refractivity contribution in [2.24, 2.45) is 11.3 Å². The average molecular weight is 292 g/mol. The van der Waals surface area contributed by atoms with Crippen LogP contribution < -0.4 is 10.6 Å². The topological polar surface area (TPSA) is 78.4 Å². The molecule has 4 rings (SSSR count). The van der Waals surface area contributed by atoms with Crippen LogP contribution in [-0.2, 0) is 4.79 Å². The van der Waals surface area contributed by atoms with Gasteiger partial charge in [0, 0.05) is 17.1 Å². The standard InChI is InChI=1S/C15H17FN2O3/c1-9(12(19)17-11-4-2-10(16)3-5-11)14-6-15(7-14,8-14)18-13(20)21/h2-5,9,18H,6-8H2,1H3,(H,17,19)(H,20,21). The van der Waals surface area contributed by atoms with E-state index in [0.717, 1.165) is 0 Å². The molecule has 0 aromatic heterocycles. The molecule has 3 fully saturated rings. The fourth-order valence-electron chi connectivity index (χ4n) is 3.75. The third-order valence-electron chi connectivity index (χ3n) is 4.87. The van der Waals surface area contributed by atoms with Gasteiger partial charge in [-0.15, -0.1) is 0 Å². The van der Waals surface area contributed by atoms with Crippen LogP contribution in [0.2, 0.25) is 0 Å². The fourth-order valence-corrected chi connectivity index (χ4v) is 3.75. The van der Waals surface area contributed by atoms with Gasteiger partial charge in [0.15, 0.2) is 0 Å². The van der Waals surface area contributed by atoms with Gasteiger partial charge in [-0.25, -0.2) is 9.18 Å². The Morgan fingerprint density at radius 3 is 2.33 bits per heavy atom. The second kappa shape index (κ2) is 4.44. The van der Waals surface area contributed by atoms with Gasteiger partial charge in [-0.2, -0.15) is 0 Å². The Morgan fingerprint density at radius 1 is 1.24 bits per heavy atom. The fraction of sp³-hybridized carbons (Fsp3) is 0.467. The first-order valence-corrected chi connectivity index (χ1v) is 6.92. The van der Waals surface area contributed by atoms with Crippen LogP contribution >= 0.6 is 0 Å². The maximum Gasteiger partial charge on any atom is 0.405 e. The van der Waals surface area contributed by atoms with Gasteiger partial charge in [0.1, 0.15) is 5.82 Å². The SMILES string of the molecule is CC(C(=O)Nc1ccc(F)cc1)C12CC(NC(=O)O)(C1)C2. The lowest BCUT2D eigenvalue weighted by atomic mass is 9.36. The van der Waals surface area contributed by atoms with Gasteiger partial charge < -0.3 is 15.7 Å². The van der Waals surface area contributed by atoms with Gasteiger partial charge in [-0.05, 0) is 48.9 Å². The minimum absolute atomic E-state index is 0.0907. The van der Waals surface area contributed by atoms with Gasteiger partial charge in [0.05, 0.1) is 0 Å². The van der Waals surface area contributed by atoms with E-state index < -0.39 is 6.09 Å². The molecule has 0 aliphatic heterocycles. The number of carbonyl (C=O) groups excluding carboxylic acids is 1. The molecule has 1 aromatic carbocycles. The first kappa shape index (κ1) is 13.9. The number of hydrogen-bond donors (Lipinski definition) is 3. The number of halogens is 1. The van der Waals surface area contributed by atoms with E-state index in [1.807, 2.05) is 6.92 Å². The molecule has 1 atom stereocenters. The number of amides is 2. The van der Waals surface area contributed by atoms with E-state index in [4.69, 9.17) is 5.11 Å². The molecule has 1 unspecified atom stereocenters. The Balaban J connectivity index is 1.58. The Labute approximate surface area is 121 Å². The van der Waals surface area contributed by atoms with Crippen molar-refractivity contribution in [1.29, 1.82) is 0 Å².